The molecule has 2 heterocycles. The van der Waals surface area contributed by atoms with Crippen molar-refractivity contribution in [2.45, 2.75) is 70.9 Å². The molecule has 2 N–H and O–H groups in total. The molecule has 0 atom stereocenters. The number of likely N-dealkylation sites (tertiary alicyclic amines) is 1. The second-order valence-corrected chi connectivity index (χ2v) is 7.41. The second kappa shape index (κ2) is 15.8. The van der Waals surface area contributed by atoms with Crippen molar-refractivity contribution in [1.29, 1.82) is 0 Å². The van der Waals surface area contributed by atoms with Gasteiger partial charge in [-0.1, -0.05) is 13.3 Å². The third-order valence-electron chi connectivity index (χ3n) is 5.19. The van der Waals surface area contributed by atoms with Gasteiger partial charge in [0.05, 0.1) is 6.10 Å². The predicted octanol–water partition coefficient (Wildman–Crippen LogP) is 3.01. The predicted molar refractivity (Wildman–Crippen MR) is 123 cm³/mol. The van der Waals surface area contributed by atoms with Crippen molar-refractivity contribution in [3.63, 3.8) is 0 Å². The molecule has 0 unspecified atom stereocenters. The third-order valence-corrected chi connectivity index (χ3v) is 5.19. The average Bonchev–Trinajstić information content (AvgIpc) is 2.68. The van der Waals surface area contributed by atoms with Crippen molar-refractivity contribution >= 4 is 29.9 Å². The largest absolute Gasteiger partial charge is 0.381 e. The number of halogens is 1. The van der Waals surface area contributed by atoms with Crippen LogP contribution in [0.4, 0.5) is 0 Å². The Kier molecular flexibility index (Phi) is 14.5. The van der Waals surface area contributed by atoms with E-state index < -0.39 is 0 Å². The van der Waals surface area contributed by atoms with Crippen molar-refractivity contribution in [3.8, 4) is 0 Å². The van der Waals surface area contributed by atoms with Gasteiger partial charge in [-0.15, -0.1) is 24.0 Å². The number of piperidine rings is 1. The first-order valence-corrected chi connectivity index (χ1v) is 10.8. The molecule has 0 spiro atoms. The second-order valence-electron chi connectivity index (χ2n) is 7.41. The summed E-state index contributed by atoms with van der Waals surface area (Å²) >= 11 is 0. The number of ether oxygens (including phenoxy) is 2. The number of unbranched alkanes of at least 4 members (excludes halogenated alkanes) is 1. The number of nitrogens with one attached hydrogen (secondary N) is 2. The normalized spacial score (nSPS) is 20.3. The third kappa shape index (κ3) is 10.9. The maximum atomic E-state index is 5.92. The summed E-state index contributed by atoms with van der Waals surface area (Å²) in [6, 6.07) is 0.546. The van der Waals surface area contributed by atoms with E-state index in [1.807, 2.05) is 0 Å². The molecular weight excluding hydrogens is 455 g/mol. The maximum absolute atomic E-state index is 5.92. The highest BCUT2D eigenvalue weighted by molar-refractivity contribution is 14.0. The fraction of sp³-hybridized carbons (Fsp3) is 0.950. The zero-order valence-corrected chi connectivity index (χ0v) is 19.7. The van der Waals surface area contributed by atoms with Crippen LogP contribution in [0.3, 0.4) is 0 Å². The molecule has 0 saturated carbocycles. The van der Waals surface area contributed by atoms with Crippen molar-refractivity contribution < 1.29 is 9.47 Å². The van der Waals surface area contributed by atoms with Gasteiger partial charge in [-0.05, 0) is 52.0 Å². The highest BCUT2D eigenvalue weighted by atomic mass is 127. The summed E-state index contributed by atoms with van der Waals surface area (Å²) in [5.41, 5.74) is 0. The van der Waals surface area contributed by atoms with Crippen LogP contribution in [0.2, 0.25) is 0 Å². The number of aliphatic imine (C=N–C) groups is 1. The molecule has 2 aliphatic heterocycles. The monoisotopic (exact) mass is 496 g/mol. The van der Waals surface area contributed by atoms with E-state index in [0.717, 1.165) is 58.1 Å². The molecule has 0 radical (unpaired) electrons. The molecule has 0 bridgehead atoms. The van der Waals surface area contributed by atoms with Gasteiger partial charge in [0.15, 0.2) is 5.96 Å². The minimum atomic E-state index is 0. The standard InChI is InChI=1S/C20H40N4O2.HI/c1-3-5-12-24-13-7-18(8-14-24)23-20(21-4-2)22-11-6-15-26-19-9-16-25-17-10-19;/h18-19H,3-17H2,1-2H3,(H2,21,22,23);1H. The molecular formula is C20H41IN4O2. The van der Waals surface area contributed by atoms with E-state index in [0.29, 0.717) is 12.1 Å². The summed E-state index contributed by atoms with van der Waals surface area (Å²) in [4.78, 5) is 7.33. The Hall–Kier alpha value is -0.120. The fourth-order valence-electron chi connectivity index (χ4n) is 3.54. The van der Waals surface area contributed by atoms with E-state index in [1.54, 1.807) is 0 Å². The number of hydrogen-bond acceptors (Lipinski definition) is 4. The van der Waals surface area contributed by atoms with Crippen LogP contribution < -0.4 is 10.6 Å². The van der Waals surface area contributed by atoms with Crippen molar-refractivity contribution in [3.05, 3.63) is 0 Å². The Bertz CT molecular complexity index is 384. The molecule has 0 aromatic heterocycles. The highest BCUT2D eigenvalue weighted by Gasteiger charge is 2.19. The fourth-order valence-corrected chi connectivity index (χ4v) is 3.54. The van der Waals surface area contributed by atoms with Crippen molar-refractivity contribution in [2.75, 3.05) is 52.5 Å². The minimum Gasteiger partial charge on any atom is -0.381 e. The number of nitrogens with zero attached hydrogens (tertiary/aromatic N) is 2. The molecule has 2 saturated heterocycles. The maximum Gasteiger partial charge on any atom is 0.191 e. The smallest absolute Gasteiger partial charge is 0.191 e. The first-order chi connectivity index (χ1) is 12.8. The van der Waals surface area contributed by atoms with Crippen LogP contribution in [0, 0.1) is 0 Å². The van der Waals surface area contributed by atoms with E-state index >= 15 is 0 Å². The van der Waals surface area contributed by atoms with Crippen molar-refractivity contribution in [2.24, 2.45) is 4.99 Å². The number of guanidine groups is 1. The molecule has 2 aliphatic rings. The Morgan fingerprint density at radius 2 is 1.85 bits per heavy atom. The molecule has 0 aliphatic carbocycles. The lowest BCUT2D eigenvalue weighted by Gasteiger charge is -2.33. The molecule has 0 aromatic rings. The van der Waals surface area contributed by atoms with E-state index in [9.17, 15) is 0 Å². The lowest BCUT2D eigenvalue weighted by molar-refractivity contribution is -0.0318. The Labute approximate surface area is 183 Å². The van der Waals surface area contributed by atoms with Crippen LogP contribution in [0.1, 0.15) is 58.8 Å². The lowest BCUT2D eigenvalue weighted by Crippen LogP contribution is -2.48. The topological polar surface area (TPSA) is 58.1 Å². The SMILES string of the molecule is CCCCN1CCC(NC(=NCCCOC2CCOCC2)NCC)CC1.I. The van der Waals surface area contributed by atoms with Gasteiger partial charge >= 0.3 is 0 Å². The molecule has 6 nitrogen and oxygen atoms in total. The van der Waals surface area contributed by atoms with Crippen molar-refractivity contribution in [1.82, 2.24) is 15.5 Å². The van der Waals surface area contributed by atoms with Gasteiger partial charge in [-0.3, -0.25) is 4.99 Å². The van der Waals surface area contributed by atoms with E-state index in [1.165, 1.54) is 45.3 Å². The molecule has 0 amide bonds. The molecule has 2 fully saturated rings. The number of rotatable bonds is 10. The van der Waals surface area contributed by atoms with Gasteiger partial charge < -0.3 is 25.0 Å². The quantitative estimate of drug-likeness (QED) is 0.211. The summed E-state index contributed by atoms with van der Waals surface area (Å²) in [5.74, 6) is 0.963. The van der Waals surface area contributed by atoms with E-state index in [2.05, 4.69) is 29.4 Å². The lowest BCUT2D eigenvalue weighted by atomic mass is 10.0. The Morgan fingerprint density at radius 1 is 1.11 bits per heavy atom. The van der Waals surface area contributed by atoms with Gasteiger partial charge in [0.1, 0.15) is 0 Å². The van der Waals surface area contributed by atoms with Gasteiger partial charge in [0, 0.05) is 52.0 Å². The molecule has 0 aromatic carbocycles. The van der Waals surface area contributed by atoms with E-state index in [-0.39, 0.29) is 24.0 Å². The molecule has 27 heavy (non-hydrogen) atoms. The molecule has 7 heteroatoms. The van der Waals surface area contributed by atoms with Crippen LogP contribution in [-0.4, -0.2) is 75.5 Å². The molecule has 2 rings (SSSR count). The van der Waals surface area contributed by atoms with Crippen LogP contribution in [0.25, 0.3) is 0 Å². The Balaban J connectivity index is 0.00000364. The average molecular weight is 496 g/mol. The van der Waals surface area contributed by atoms with Crippen LogP contribution in [-0.2, 0) is 9.47 Å². The van der Waals surface area contributed by atoms with Gasteiger partial charge in [0.25, 0.3) is 0 Å². The highest BCUT2D eigenvalue weighted by Crippen LogP contribution is 2.12. The summed E-state index contributed by atoms with van der Waals surface area (Å²) in [5, 5.41) is 7.01. The van der Waals surface area contributed by atoms with E-state index in [4.69, 9.17) is 14.5 Å². The minimum absolute atomic E-state index is 0. The van der Waals surface area contributed by atoms with Crippen LogP contribution >= 0.6 is 24.0 Å². The van der Waals surface area contributed by atoms with Gasteiger partial charge in [-0.25, -0.2) is 0 Å². The summed E-state index contributed by atoms with van der Waals surface area (Å²) in [7, 11) is 0. The zero-order chi connectivity index (χ0) is 18.5. The number of hydrogen-bond donors (Lipinski definition) is 2. The first kappa shape index (κ1) is 24.9. The van der Waals surface area contributed by atoms with Gasteiger partial charge in [-0.2, -0.15) is 0 Å². The first-order valence-electron chi connectivity index (χ1n) is 10.8. The van der Waals surface area contributed by atoms with Crippen LogP contribution in [0.15, 0.2) is 4.99 Å². The Morgan fingerprint density at radius 3 is 2.52 bits per heavy atom. The zero-order valence-electron chi connectivity index (χ0n) is 17.4. The summed E-state index contributed by atoms with van der Waals surface area (Å²) < 4.78 is 11.3. The summed E-state index contributed by atoms with van der Waals surface area (Å²) in [6.45, 7) is 12.2. The summed E-state index contributed by atoms with van der Waals surface area (Å²) in [6.07, 6.45) is 8.45. The molecule has 160 valence electrons. The van der Waals surface area contributed by atoms with Crippen LogP contribution in [0.5, 0.6) is 0 Å². The van der Waals surface area contributed by atoms with Gasteiger partial charge in [0.2, 0.25) is 0 Å².